The summed E-state index contributed by atoms with van der Waals surface area (Å²) in [5.41, 5.74) is 9.88. The van der Waals surface area contributed by atoms with Crippen LogP contribution in [0, 0.1) is 13.8 Å². The molecule has 1 unspecified atom stereocenters. The van der Waals surface area contributed by atoms with E-state index < -0.39 is 0 Å². The molecule has 2 heterocycles. The molecule has 0 saturated heterocycles. The van der Waals surface area contributed by atoms with Crippen LogP contribution in [0.1, 0.15) is 23.6 Å². The Morgan fingerprint density at radius 2 is 1.78 bits per heavy atom. The first kappa shape index (κ1) is 12.6. The monoisotopic (exact) mass is 242 g/mol. The number of pyridine rings is 1. The van der Waals surface area contributed by atoms with Gasteiger partial charge in [-0.25, -0.2) is 9.97 Å². The molecule has 0 amide bonds. The van der Waals surface area contributed by atoms with Crippen molar-refractivity contribution < 1.29 is 0 Å². The van der Waals surface area contributed by atoms with Gasteiger partial charge >= 0.3 is 0 Å². The maximum Gasteiger partial charge on any atom is 0.178 e. The predicted octanol–water partition coefficient (Wildman–Crippen LogP) is 2.05. The average molecular weight is 242 g/mol. The van der Waals surface area contributed by atoms with Gasteiger partial charge in [0.1, 0.15) is 5.69 Å². The number of hydrogen-bond donors (Lipinski definition) is 1. The maximum absolute atomic E-state index is 5.75. The molecule has 0 spiro atoms. The molecule has 0 saturated carbocycles. The van der Waals surface area contributed by atoms with Crippen molar-refractivity contribution in [2.75, 3.05) is 0 Å². The fourth-order valence-corrected chi connectivity index (χ4v) is 1.90. The fourth-order valence-electron chi connectivity index (χ4n) is 1.90. The van der Waals surface area contributed by atoms with Gasteiger partial charge in [0, 0.05) is 24.6 Å². The van der Waals surface area contributed by atoms with E-state index in [0.717, 1.165) is 28.8 Å². The fraction of sp³-hybridized carbons (Fsp3) is 0.357. The van der Waals surface area contributed by atoms with Crippen molar-refractivity contribution in [3.8, 4) is 11.5 Å². The molecule has 0 bridgehead atoms. The van der Waals surface area contributed by atoms with Crippen LogP contribution in [0.4, 0.5) is 0 Å². The molecule has 0 aliphatic rings. The van der Waals surface area contributed by atoms with Gasteiger partial charge in [0.15, 0.2) is 5.82 Å². The van der Waals surface area contributed by atoms with Gasteiger partial charge in [-0.1, -0.05) is 6.07 Å². The highest BCUT2D eigenvalue weighted by atomic mass is 14.9. The molecular weight excluding hydrogens is 224 g/mol. The van der Waals surface area contributed by atoms with Crippen LogP contribution in [0.3, 0.4) is 0 Å². The Morgan fingerprint density at radius 3 is 2.33 bits per heavy atom. The second-order valence-corrected chi connectivity index (χ2v) is 4.77. The SMILES string of the molecule is Cc1cnc(-c2ncc(CC(C)N)cn2)c(C)c1. The van der Waals surface area contributed by atoms with Crippen LogP contribution in [0.2, 0.25) is 0 Å². The van der Waals surface area contributed by atoms with Crippen LogP contribution in [0.15, 0.2) is 24.7 Å². The van der Waals surface area contributed by atoms with Gasteiger partial charge in [0.05, 0.1) is 0 Å². The van der Waals surface area contributed by atoms with Crippen molar-refractivity contribution in [3.05, 3.63) is 41.3 Å². The van der Waals surface area contributed by atoms with Crippen LogP contribution < -0.4 is 5.73 Å². The second-order valence-electron chi connectivity index (χ2n) is 4.77. The molecule has 0 aliphatic heterocycles. The molecule has 1 atom stereocenters. The Hall–Kier alpha value is -1.81. The number of aromatic nitrogens is 3. The van der Waals surface area contributed by atoms with E-state index in [9.17, 15) is 0 Å². The van der Waals surface area contributed by atoms with Crippen LogP contribution in [0.25, 0.3) is 11.5 Å². The molecule has 0 aromatic carbocycles. The van der Waals surface area contributed by atoms with Crippen molar-refractivity contribution in [2.45, 2.75) is 33.2 Å². The van der Waals surface area contributed by atoms with E-state index in [1.54, 1.807) is 0 Å². The first-order chi connectivity index (χ1) is 8.56. The number of nitrogens with two attached hydrogens (primary N) is 1. The summed E-state index contributed by atoms with van der Waals surface area (Å²) in [7, 11) is 0. The summed E-state index contributed by atoms with van der Waals surface area (Å²) in [6.45, 7) is 6.02. The molecule has 94 valence electrons. The summed E-state index contributed by atoms with van der Waals surface area (Å²) in [5.74, 6) is 0.668. The maximum atomic E-state index is 5.75. The molecule has 18 heavy (non-hydrogen) atoms. The Morgan fingerprint density at radius 1 is 1.11 bits per heavy atom. The molecule has 4 nitrogen and oxygen atoms in total. The minimum atomic E-state index is 0.124. The van der Waals surface area contributed by atoms with Gasteiger partial charge in [-0.15, -0.1) is 0 Å². The Labute approximate surface area is 107 Å². The largest absolute Gasteiger partial charge is 0.328 e. The molecule has 4 heteroatoms. The Kier molecular flexibility index (Phi) is 3.67. The quantitative estimate of drug-likeness (QED) is 0.894. The second kappa shape index (κ2) is 5.23. The van der Waals surface area contributed by atoms with Gasteiger partial charge in [-0.05, 0) is 43.9 Å². The molecule has 0 radical (unpaired) electrons. The van der Waals surface area contributed by atoms with Crippen LogP contribution in [-0.4, -0.2) is 21.0 Å². The normalized spacial score (nSPS) is 12.4. The summed E-state index contributed by atoms with van der Waals surface area (Å²) >= 11 is 0. The molecular formula is C14H18N4. The molecule has 0 fully saturated rings. The molecule has 2 N–H and O–H groups in total. The summed E-state index contributed by atoms with van der Waals surface area (Å²) < 4.78 is 0. The number of rotatable bonds is 3. The lowest BCUT2D eigenvalue weighted by atomic mass is 10.1. The van der Waals surface area contributed by atoms with Crippen molar-refractivity contribution >= 4 is 0 Å². The number of aryl methyl sites for hydroxylation is 2. The highest BCUT2D eigenvalue weighted by molar-refractivity contribution is 5.54. The first-order valence-electron chi connectivity index (χ1n) is 6.06. The lowest BCUT2D eigenvalue weighted by Crippen LogP contribution is -2.18. The van der Waals surface area contributed by atoms with Gasteiger partial charge in [0.2, 0.25) is 0 Å². The summed E-state index contributed by atoms with van der Waals surface area (Å²) in [4.78, 5) is 13.1. The third-order valence-electron chi connectivity index (χ3n) is 2.69. The van der Waals surface area contributed by atoms with Gasteiger partial charge in [-0.2, -0.15) is 0 Å². The third-order valence-corrected chi connectivity index (χ3v) is 2.69. The zero-order valence-electron chi connectivity index (χ0n) is 11.0. The standard InChI is InChI=1S/C14H18N4/c1-9-4-10(2)13(16-6-9)14-17-7-12(8-18-14)5-11(3)15/h4,6-8,11H,5,15H2,1-3H3. The predicted molar refractivity (Wildman–Crippen MR) is 72.1 cm³/mol. The van der Waals surface area contributed by atoms with Crippen LogP contribution in [-0.2, 0) is 6.42 Å². The lowest BCUT2D eigenvalue weighted by Gasteiger charge is -2.07. The Balaban J connectivity index is 2.28. The molecule has 2 rings (SSSR count). The van der Waals surface area contributed by atoms with Crippen molar-refractivity contribution in [1.29, 1.82) is 0 Å². The zero-order chi connectivity index (χ0) is 13.1. The van der Waals surface area contributed by atoms with Gasteiger partial charge < -0.3 is 5.73 Å². The highest BCUT2D eigenvalue weighted by Gasteiger charge is 2.07. The van der Waals surface area contributed by atoms with Crippen molar-refractivity contribution in [2.24, 2.45) is 5.73 Å². The topological polar surface area (TPSA) is 64.7 Å². The number of nitrogens with zero attached hydrogens (tertiary/aromatic N) is 3. The summed E-state index contributed by atoms with van der Waals surface area (Å²) in [6.07, 6.45) is 6.28. The first-order valence-corrected chi connectivity index (χ1v) is 6.06. The zero-order valence-corrected chi connectivity index (χ0v) is 11.0. The van der Waals surface area contributed by atoms with E-state index >= 15 is 0 Å². The molecule has 2 aromatic heterocycles. The van der Waals surface area contributed by atoms with Crippen LogP contribution in [0.5, 0.6) is 0 Å². The minimum Gasteiger partial charge on any atom is -0.328 e. The Bertz CT molecular complexity index is 532. The van der Waals surface area contributed by atoms with E-state index in [2.05, 4.69) is 21.0 Å². The van der Waals surface area contributed by atoms with E-state index in [4.69, 9.17) is 5.73 Å². The van der Waals surface area contributed by atoms with E-state index in [1.165, 1.54) is 0 Å². The molecule has 2 aromatic rings. The highest BCUT2D eigenvalue weighted by Crippen LogP contribution is 2.17. The van der Waals surface area contributed by atoms with Crippen LogP contribution >= 0.6 is 0 Å². The average Bonchev–Trinajstić information content (AvgIpc) is 2.30. The molecule has 0 aliphatic carbocycles. The third kappa shape index (κ3) is 2.90. The van der Waals surface area contributed by atoms with Gasteiger partial charge in [0.25, 0.3) is 0 Å². The lowest BCUT2D eigenvalue weighted by molar-refractivity contribution is 0.732. The van der Waals surface area contributed by atoms with E-state index in [0.29, 0.717) is 5.82 Å². The van der Waals surface area contributed by atoms with Crippen molar-refractivity contribution in [3.63, 3.8) is 0 Å². The minimum absolute atomic E-state index is 0.124. The van der Waals surface area contributed by atoms with Gasteiger partial charge in [-0.3, -0.25) is 4.98 Å². The number of hydrogen-bond acceptors (Lipinski definition) is 4. The smallest absolute Gasteiger partial charge is 0.178 e. The van der Waals surface area contributed by atoms with E-state index in [-0.39, 0.29) is 6.04 Å². The summed E-state index contributed by atoms with van der Waals surface area (Å²) in [6, 6.07) is 2.21. The van der Waals surface area contributed by atoms with E-state index in [1.807, 2.05) is 39.4 Å². The van der Waals surface area contributed by atoms with Crippen molar-refractivity contribution in [1.82, 2.24) is 15.0 Å². The summed E-state index contributed by atoms with van der Waals surface area (Å²) in [5, 5.41) is 0.